The van der Waals surface area contributed by atoms with Gasteiger partial charge in [-0.1, -0.05) is 13.8 Å². The molecule has 13 nitrogen and oxygen atoms in total. The molecule has 33 heavy (non-hydrogen) atoms. The van der Waals surface area contributed by atoms with Crippen LogP contribution in [0.1, 0.15) is 46.0 Å². The number of hydrogen-bond acceptors (Lipinski definition) is 8. The van der Waals surface area contributed by atoms with E-state index < -0.39 is 66.2 Å². The number of rotatable bonds is 16. The smallest absolute Gasteiger partial charge is 0.326 e. The Morgan fingerprint density at radius 2 is 1.21 bits per heavy atom. The lowest BCUT2D eigenvalue weighted by Crippen LogP contribution is -2.57. The molecule has 0 radical (unpaired) electrons. The third-order valence-electron chi connectivity index (χ3n) is 4.42. The van der Waals surface area contributed by atoms with Crippen molar-refractivity contribution < 1.29 is 44.1 Å². The fourth-order valence-electron chi connectivity index (χ4n) is 2.66. The summed E-state index contributed by atoms with van der Waals surface area (Å²) < 4.78 is 0. The van der Waals surface area contributed by atoms with Crippen molar-refractivity contribution in [1.82, 2.24) is 16.0 Å². The molecule has 0 rings (SSSR count). The van der Waals surface area contributed by atoms with E-state index in [-0.39, 0.29) is 37.4 Å². The molecular formula is C19H32N4O9S. The molecule has 0 spiro atoms. The Morgan fingerprint density at radius 3 is 1.67 bits per heavy atom. The van der Waals surface area contributed by atoms with Gasteiger partial charge in [0.2, 0.25) is 17.7 Å². The zero-order chi connectivity index (χ0) is 25.7. The van der Waals surface area contributed by atoms with Crippen LogP contribution in [0.4, 0.5) is 0 Å². The highest BCUT2D eigenvalue weighted by Gasteiger charge is 2.30. The fourth-order valence-corrected chi connectivity index (χ4v) is 2.91. The largest absolute Gasteiger partial charge is 0.481 e. The maximum absolute atomic E-state index is 12.7. The lowest BCUT2D eigenvalue weighted by atomic mass is 10.0. The van der Waals surface area contributed by atoms with Gasteiger partial charge in [-0.05, 0) is 25.2 Å². The zero-order valence-electron chi connectivity index (χ0n) is 18.4. The van der Waals surface area contributed by atoms with Crippen LogP contribution < -0.4 is 21.7 Å². The van der Waals surface area contributed by atoms with Gasteiger partial charge in [0, 0.05) is 18.6 Å². The first-order chi connectivity index (χ1) is 15.3. The predicted molar refractivity (Wildman–Crippen MR) is 118 cm³/mol. The van der Waals surface area contributed by atoms with Gasteiger partial charge in [0.15, 0.2) is 0 Å². The standard InChI is InChI=1S/C19H32N4O9S/c1-9(2)7-12(22-16(28)10(20)3-5-14(24)25)17(29)23-13(8-33)18(30)21-11(19(31)32)4-6-15(26)27/h9-13,33H,3-8,20H2,1-2H3,(H,21,30)(H,22,28)(H,23,29)(H,24,25)(H,26,27)(H,31,32). The molecule has 0 heterocycles. The van der Waals surface area contributed by atoms with Crippen LogP contribution in [0.5, 0.6) is 0 Å². The second-order valence-corrected chi connectivity index (χ2v) is 8.17. The second-order valence-electron chi connectivity index (χ2n) is 7.81. The van der Waals surface area contributed by atoms with Crippen molar-refractivity contribution in [2.75, 3.05) is 5.75 Å². The molecule has 188 valence electrons. The molecule has 0 saturated heterocycles. The monoisotopic (exact) mass is 492 g/mol. The maximum atomic E-state index is 12.7. The zero-order valence-corrected chi connectivity index (χ0v) is 19.3. The number of hydrogen-bond donors (Lipinski definition) is 8. The Kier molecular flexibility index (Phi) is 13.7. The molecule has 4 atom stereocenters. The van der Waals surface area contributed by atoms with Crippen molar-refractivity contribution in [3.8, 4) is 0 Å². The Morgan fingerprint density at radius 1 is 0.758 bits per heavy atom. The fraction of sp³-hybridized carbons (Fsp3) is 0.684. The molecule has 3 amide bonds. The molecule has 0 fully saturated rings. The van der Waals surface area contributed by atoms with Crippen molar-refractivity contribution in [3.05, 3.63) is 0 Å². The number of carbonyl (C=O) groups is 6. The van der Waals surface area contributed by atoms with Gasteiger partial charge in [0.25, 0.3) is 0 Å². The summed E-state index contributed by atoms with van der Waals surface area (Å²) in [7, 11) is 0. The molecule has 0 aliphatic rings. The van der Waals surface area contributed by atoms with E-state index in [1.54, 1.807) is 13.8 Å². The highest BCUT2D eigenvalue weighted by atomic mass is 32.1. The van der Waals surface area contributed by atoms with Crippen LogP contribution in [0.25, 0.3) is 0 Å². The summed E-state index contributed by atoms with van der Waals surface area (Å²) in [6.45, 7) is 3.58. The highest BCUT2D eigenvalue weighted by Crippen LogP contribution is 2.07. The van der Waals surface area contributed by atoms with Crippen LogP contribution in [-0.4, -0.2) is 80.9 Å². The van der Waals surface area contributed by atoms with Crippen molar-refractivity contribution in [1.29, 1.82) is 0 Å². The molecule has 0 saturated carbocycles. The Hall–Kier alpha value is -2.87. The third kappa shape index (κ3) is 12.7. The summed E-state index contributed by atoms with van der Waals surface area (Å²) in [4.78, 5) is 70.1. The SMILES string of the molecule is CC(C)CC(NC(=O)C(N)CCC(=O)O)C(=O)NC(CS)C(=O)NC(CCC(=O)O)C(=O)O. The number of carbonyl (C=O) groups excluding carboxylic acids is 3. The first-order valence-electron chi connectivity index (χ1n) is 10.2. The summed E-state index contributed by atoms with van der Waals surface area (Å²) in [6, 6.07) is -4.99. The topological polar surface area (TPSA) is 225 Å². The lowest BCUT2D eigenvalue weighted by molar-refractivity contribution is -0.143. The lowest BCUT2D eigenvalue weighted by Gasteiger charge is -2.25. The van der Waals surface area contributed by atoms with Crippen molar-refractivity contribution in [2.45, 2.75) is 70.1 Å². The van der Waals surface area contributed by atoms with E-state index in [0.29, 0.717) is 0 Å². The summed E-state index contributed by atoms with van der Waals surface area (Å²) >= 11 is 4.00. The number of nitrogens with one attached hydrogen (secondary N) is 3. The van der Waals surface area contributed by atoms with E-state index in [2.05, 4.69) is 28.6 Å². The Labute approximate surface area is 196 Å². The van der Waals surface area contributed by atoms with E-state index in [9.17, 15) is 33.9 Å². The van der Waals surface area contributed by atoms with Gasteiger partial charge in [-0.15, -0.1) is 0 Å². The van der Waals surface area contributed by atoms with E-state index >= 15 is 0 Å². The van der Waals surface area contributed by atoms with Crippen molar-refractivity contribution in [2.24, 2.45) is 11.7 Å². The second kappa shape index (κ2) is 15.1. The predicted octanol–water partition coefficient (Wildman–Crippen LogP) is -1.44. The molecule has 14 heteroatoms. The van der Waals surface area contributed by atoms with Gasteiger partial charge >= 0.3 is 17.9 Å². The van der Waals surface area contributed by atoms with Gasteiger partial charge in [-0.25, -0.2) is 4.79 Å². The highest BCUT2D eigenvalue weighted by molar-refractivity contribution is 7.80. The van der Waals surface area contributed by atoms with E-state index in [0.717, 1.165) is 0 Å². The van der Waals surface area contributed by atoms with Crippen LogP contribution in [-0.2, 0) is 28.8 Å². The minimum atomic E-state index is -1.48. The maximum Gasteiger partial charge on any atom is 0.326 e. The number of aliphatic carboxylic acids is 3. The number of carboxylic acids is 3. The van der Waals surface area contributed by atoms with Crippen LogP contribution in [0.15, 0.2) is 0 Å². The Balaban J connectivity index is 5.22. The average molecular weight is 493 g/mol. The van der Waals surface area contributed by atoms with Crippen LogP contribution in [0.2, 0.25) is 0 Å². The molecule has 8 N–H and O–H groups in total. The quantitative estimate of drug-likeness (QED) is 0.117. The average Bonchev–Trinajstić information content (AvgIpc) is 2.71. The summed E-state index contributed by atoms with van der Waals surface area (Å²) in [5.41, 5.74) is 5.67. The van der Waals surface area contributed by atoms with E-state index in [1.807, 2.05) is 0 Å². The minimum Gasteiger partial charge on any atom is -0.481 e. The number of nitrogens with two attached hydrogens (primary N) is 1. The summed E-state index contributed by atoms with van der Waals surface area (Å²) in [5, 5.41) is 33.6. The normalized spacial score (nSPS) is 14.5. The van der Waals surface area contributed by atoms with E-state index in [4.69, 9.17) is 15.9 Å². The minimum absolute atomic E-state index is 0.0491. The van der Waals surface area contributed by atoms with Gasteiger partial charge in [0.05, 0.1) is 6.04 Å². The number of amides is 3. The Bertz CT molecular complexity index is 732. The summed E-state index contributed by atoms with van der Waals surface area (Å²) in [5.74, 6) is -6.41. The van der Waals surface area contributed by atoms with Crippen molar-refractivity contribution >= 4 is 48.3 Å². The first kappa shape index (κ1) is 30.1. The van der Waals surface area contributed by atoms with Crippen molar-refractivity contribution in [3.63, 3.8) is 0 Å². The molecule has 4 unspecified atom stereocenters. The third-order valence-corrected chi connectivity index (χ3v) is 4.79. The molecule has 0 aliphatic carbocycles. The molecule has 0 bridgehead atoms. The van der Waals surface area contributed by atoms with Crippen LogP contribution in [0.3, 0.4) is 0 Å². The summed E-state index contributed by atoms with van der Waals surface area (Å²) in [6.07, 6.45) is -1.12. The molecule has 0 aromatic rings. The molecular weight excluding hydrogens is 460 g/mol. The molecule has 0 aliphatic heterocycles. The van der Waals surface area contributed by atoms with Gasteiger partial charge in [-0.2, -0.15) is 12.6 Å². The molecule has 0 aromatic carbocycles. The van der Waals surface area contributed by atoms with Gasteiger partial charge < -0.3 is 37.0 Å². The number of thiol groups is 1. The number of carboxylic acid groups (broad SMARTS) is 3. The van der Waals surface area contributed by atoms with Crippen LogP contribution in [0, 0.1) is 5.92 Å². The first-order valence-corrected chi connectivity index (χ1v) is 10.9. The van der Waals surface area contributed by atoms with E-state index in [1.165, 1.54) is 0 Å². The molecule has 0 aromatic heterocycles. The van der Waals surface area contributed by atoms with Gasteiger partial charge in [-0.3, -0.25) is 24.0 Å². The van der Waals surface area contributed by atoms with Gasteiger partial charge in [0.1, 0.15) is 18.1 Å². The van der Waals surface area contributed by atoms with Crippen LogP contribution >= 0.6 is 12.6 Å².